The number of alkyl halides is 1. The topological polar surface area (TPSA) is 24.9 Å². The van der Waals surface area contributed by atoms with Crippen LogP contribution in [0.4, 0.5) is 4.39 Å². The van der Waals surface area contributed by atoms with Gasteiger partial charge < -0.3 is 5.32 Å². The van der Waals surface area contributed by atoms with Crippen LogP contribution < -0.4 is 5.32 Å². The first-order valence-electron chi connectivity index (χ1n) is 7.53. The number of pyridine rings is 1. The predicted octanol–water partition coefficient (Wildman–Crippen LogP) is 3.23. The fraction of sp³-hybridized carbons (Fsp3) is 0.688. The molecule has 1 aliphatic carbocycles. The number of rotatable bonds is 2. The number of fused-ring (bicyclic) bond motifs is 1. The second kappa shape index (κ2) is 5.20. The lowest BCUT2D eigenvalue weighted by Gasteiger charge is -2.41. The zero-order valence-corrected chi connectivity index (χ0v) is 11.7. The van der Waals surface area contributed by atoms with Crippen molar-refractivity contribution in [3.05, 3.63) is 29.6 Å². The Morgan fingerprint density at radius 1 is 1.37 bits per heavy atom. The fourth-order valence-corrected chi connectivity index (χ4v) is 3.78. The number of piperidine rings is 1. The standard InChI is InChI=1S/C16H23FN2/c1-16(17,13-7-4-9-18-11-13)14-8-2-5-12-6-3-10-19-15(12)14/h3,6,10,13-14,18H,2,4-5,7-9,11H2,1H3. The van der Waals surface area contributed by atoms with Gasteiger partial charge in [0, 0.05) is 30.3 Å². The first kappa shape index (κ1) is 13.0. The van der Waals surface area contributed by atoms with E-state index in [0.717, 1.165) is 50.9 Å². The Hall–Kier alpha value is -0.960. The van der Waals surface area contributed by atoms with Crippen molar-refractivity contribution in [2.24, 2.45) is 5.92 Å². The van der Waals surface area contributed by atoms with Crippen LogP contribution in [0.15, 0.2) is 18.3 Å². The molecule has 19 heavy (non-hydrogen) atoms. The first-order chi connectivity index (χ1) is 9.19. The molecule has 2 aliphatic rings. The Bertz CT molecular complexity index is 438. The van der Waals surface area contributed by atoms with E-state index in [1.807, 2.05) is 12.3 Å². The molecule has 1 aromatic rings. The molecule has 1 N–H and O–H groups in total. The molecule has 0 spiro atoms. The normalized spacial score (nSPS) is 30.4. The summed E-state index contributed by atoms with van der Waals surface area (Å²) < 4.78 is 15.5. The molecule has 2 heterocycles. The van der Waals surface area contributed by atoms with Gasteiger partial charge >= 0.3 is 0 Å². The lowest BCUT2D eigenvalue weighted by Crippen LogP contribution is -2.46. The monoisotopic (exact) mass is 262 g/mol. The molecule has 3 atom stereocenters. The SMILES string of the molecule is CC(F)(C1CCCNC1)C1CCCc2cccnc21. The second-order valence-corrected chi connectivity index (χ2v) is 6.19. The molecule has 3 unspecified atom stereocenters. The van der Waals surface area contributed by atoms with Crippen LogP contribution in [0.3, 0.4) is 0 Å². The van der Waals surface area contributed by atoms with Crippen molar-refractivity contribution in [3.8, 4) is 0 Å². The molecule has 1 aliphatic heterocycles. The van der Waals surface area contributed by atoms with Crippen molar-refractivity contribution in [2.45, 2.75) is 50.6 Å². The quantitative estimate of drug-likeness (QED) is 0.885. The number of halogens is 1. The third-order valence-corrected chi connectivity index (χ3v) is 4.97. The van der Waals surface area contributed by atoms with Crippen LogP contribution in [0.1, 0.15) is 49.8 Å². The van der Waals surface area contributed by atoms with Crippen molar-refractivity contribution in [3.63, 3.8) is 0 Å². The van der Waals surface area contributed by atoms with Crippen molar-refractivity contribution < 1.29 is 4.39 Å². The highest BCUT2D eigenvalue weighted by atomic mass is 19.1. The van der Waals surface area contributed by atoms with E-state index >= 15 is 4.39 Å². The van der Waals surface area contributed by atoms with E-state index in [2.05, 4.69) is 16.4 Å². The van der Waals surface area contributed by atoms with Gasteiger partial charge in [-0.2, -0.15) is 0 Å². The minimum Gasteiger partial charge on any atom is -0.316 e. The maximum atomic E-state index is 15.5. The van der Waals surface area contributed by atoms with Crippen LogP contribution in [-0.2, 0) is 6.42 Å². The van der Waals surface area contributed by atoms with E-state index in [-0.39, 0.29) is 11.8 Å². The largest absolute Gasteiger partial charge is 0.316 e. The van der Waals surface area contributed by atoms with Crippen LogP contribution in [0, 0.1) is 5.92 Å². The minimum atomic E-state index is -1.14. The summed E-state index contributed by atoms with van der Waals surface area (Å²) in [6.07, 6.45) is 6.98. The molecular formula is C16H23FN2. The second-order valence-electron chi connectivity index (χ2n) is 6.19. The van der Waals surface area contributed by atoms with Gasteiger partial charge in [0.25, 0.3) is 0 Å². The number of nitrogens with one attached hydrogen (secondary N) is 1. The van der Waals surface area contributed by atoms with Crippen LogP contribution >= 0.6 is 0 Å². The summed E-state index contributed by atoms with van der Waals surface area (Å²) in [6, 6.07) is 4.09. The molecular weight excluding hydrogens is 239 g/mol. The van der Waals surface area contributed by atoms with Gasteiger partial charge in [-0.3, -0.25) is 4.98 Å². The van der Waals surface area contributed by atoms with Crippen molar-refractivity contribution in [1.82, 2.24) is 10.3 Å². The predicted molar refractivity (Wildman–Crippen MR) is 75.0 cm³/mol. The van der Waals surface area contributed by atoms with Gasteiger partial charge in [-0.15, -0.1) is 0 Å². The Morgan fingerprint density at radius 3 is 3.05 bits per heavy atom. The van der Waals surface area contributed by atoms with Crippen LogP contribution in [0.5, 0.6) is 0 Å². The Balaban J connectivity index is 1.89. The molecule has 1 aromatic heterocycles. The number of aryl methyl sites for hydroxylation is 1. The number of aromatic nitrogens is 1. The molecule has 0 amide bonds. The zero-order chi connectivity index (χ0) is 13.3. The molecule has 3 rings (SSSR count). The summed E-state index contributed by atoms with van der Waals surface area (Å²) in [4.78, 5) is 4.50. The summed E-state index contributed by atoms with van der Waals surface area (Å²) >= 11 is 0. The molecule has 0 aromatic carbocycles. The molecule has 2 nitrogen and oxygen atoms in total. The maximum absolute atomic E-state index is 15.5. The van der Waals surface area contributed by atoms with Crippen LogP contribution in [0.25, 0.3) is 0 Å². The van der Waals surface area contributed by atoms with Crippen LogP contribution in [-0.4, -0.2) is 23.7 Å². The van der Waals surface area contributed by atoms with E-state index in [9.17, 15) is 0 Å². The van der Waals surface area contributed by atoms with Crippen molar-refractivity contribution in [1.29, 1.82) is 0 Å². The minimum absolute atomic E-state index is 0.0256. The Labute approximate surface area is 114 Å². The summed E-state index contributed by atoms with van der Waals surface area (Å²) in [5.74, 6) is 0.0987. The Morgan fingerprint density at radius 2 is 2.26 bits per heavy atom. The average molecular weight is 262 g/mol. The van der Waals surface area contributed by atoms with Gasteiger partial charge in [-0.05, 0) is 57.2 Å². The molecule has 1 saturated heterocycles. The van der Waals surface area contributed by atoms with E-state index in [1.165, 1.54) is 5.56 Å². The highest BCUT2D eigenvalue weighted by molar-refractivity contribution is 5.28. The molecule has 3 heteroatoms. The smallest absolute Gasteiger partial charge is 0.120 e. The number of hydrogen-bond donors (Lipinski definition) is 1. The van der Waals surface area contributed by atoms with Gasteiger partial charge in [0.2, 0.25) is 0 Å². The van der Waals surface area contributed by atoms with E-state index in [0.29, 0.717) is 0 Å². The van der Waals surface area contributed by atoms with Gasteiger partial charge in [0.1, 0.15) is 5.67 Å². The lowest BCUT2D eigenvalue weighted by atomic mass is 9.70. The fourth-order valence-electron chi connectivity index (χ4n) is 3.78. The maximum Gasteiger partial charge on any atom is 0.120 e. The van der Waals surface area contributed by atoms with E-state index in [1.54, 1.807) is 6.92 Å². The summed E-state index contributed by atoms with van der Waals surface area (Å²) in [5.41, 5.74) is 1.13. The molecule has 104 valence electrons. The highest BCUT2D eigenvalue weighted by Gasteiger charge is 2.44. The van der Waals surface area contributed by atoms with Gasteiger partial charge in [0.15, 0.2) is 0 Å². The third-order valence-electron chi connectivity index (χ3n) is 4.97. The van der Waals surface area contributed by atoms with Gasteiger partial charge in [-0.1, -0.05) is 6.07 Å². The number of nitrogens with zero attached hydrogens (tertiary/aromatic N) is 1. The zero-order valence-electron chi connectivity index (χ0n) is 11.7. The summed E-state index contributed by atoms with van der Waals surface area (Å²) in [7, 11) is 0. The van der Waals surface area contributed by atoms with E-state index in [4.69, 9.17) is 0 Å². The molecule has 0 bridgehead atoms. The van der Waals surface area contributed by atoms with Crippen molar-refractivity contribution >= 4 is 0 Å². The molecule has 0 saturated carbocycles. The average Bonchev–Trinajstić information content (AvgIpc) is 2.47. The van der Waals surface area contributed by atoms with Crippen LogP contribution in [0.2, 0.25) is 0 Å². The lowest BCUT2D eigenvalue weighted by molar-refractivity contribution is 0.0451. The molecule has 0 radical (unpaired) electrons. The summed E-state index contributed by atoms with van der Waals surface area (Å²) in [6.45, 7) is 3.65. The third kappa shape index (κ3) is 2.40. The van der Waals surface area contributed by atoms with Gasteiger partial charge in [-0.25, -0.2) is 4.39 Å². The first-order valence-corrected chi connectivity index (χ1v) is 7.53. The van der Waals surface area contributed by atoms with Gasteiger partial charge in [0.05, 0.1) is 0 Å². The van der Waals surface area contributed by atoms with Crippen molar-refractivity contribution in [2.75, 3.05) is 13.1 Å². The highest BCUT2D eigenvalue weighted by Crippen LogP contribution is 2.45. The van der Waals surface area contributed by atoms with E-state index < -0.39 is 5.67 Å². The Kier molecular flexibility index (Phi) is 3.57. The number of hydrogen-bond acceptors (Lipinski definition) is 2. The molecule has 1 fully saturated rings. The summed E-state index contributed by atoms with van der Waals surface area (Å²) in [5, 5.41) is 3.34.